The number of allylic oxidation sites excluding steroid dienone is 2. The average molecular weight is 306 g/mol. The molecule has 126 valence electrons. The second-order valence-corrected chi connectivity index (χ2v) is 7.37. The van der Waals surface area contributed by atoms with Crippen LogP contribution in [0.3, 0.4) is 0 Å². The number of Topliss-reactive ketones (excluding diaryl/α,β-unsaturated/α-hetero) is 1. The molecule has 2 nitrogen and oxygen atoms in total. The molecule has 2 heteroatoms. The zero-order valence-corrected chi connectivity index (χ0v) is 14.6. The van der Waals surface area contributed by atoms with Crippen molar-refractivity contribution in [3.8, 4) is 0 Å². The molecule has 0 N–H and O–H groups in total. The van der Waals surface area contributed by atoms with Crippen molar-refractivity contribution in [1.29, 1.82) is 0 Å². The van der Waals surface area contributed by atoms with E-state index < -0.39 is 0 Å². The van der Waals surface area contributed by atoms with Gasteiger partial charge in [-0.3, -0.25) is 4.79 Å². The van der Waals surface area contributed by atoms with Gasteiger partial charge < -0.3 is 4.74 Å². The predicted molar refractivity (Wildman–Crippen MR) is 91.9 cm³/mol. The topological polar surface area (TPSA) is 26.3 Å². The molecule has 2 saturated carbocycles. The van der Waals surface area contributed by atoms with Crippen LogP contribution >= 0.6 is 0 Å². The lowest BCUT2D eigenvalue weighted by atomic mass is 9.79. The molecule has 0 bridgehead atoms. The van der Waals surface area contributed by atoms with E-state index in [2.05, 4.69) is 19.1 Å². The van der Waals surface area contributed by atoms with Gasteiger partial charge >= 0.3 is 0 Å². The first-order chi connectivity index (χ1) is 10.7. The van der Waals surface area contributed by atoms with E-state index in [-0.39, 0.29) is 0 Å². The summed E-state index contributed by atoms with van der Waals surface area (Å²) < 4.78 is 5.94. The normalized spacial score (nSPS) is 33.2. The Morgan fingerprint density at radius 2 is 1.50 bits per heavy atom. The predicted octanol–water partition coefficient (Wildman–Crippen LogP) is 5.31. The zero-order chi connectivity index (χ0) is 15.8. The number of carbonyl (C=O) groups excluding carboxylic acids is 1. The van der Waals surface area contributed by atoms with Gasteiger partial charge in [0.1, 0.15) is 5.78 Å². The fourth-order valence-corrected chi connectivity index (χ4v) is 3.87. The molecule has 0 heterocycles. The number of ether oxygens (including phenoxy) is 1. The van der Waals surface area contributed by atoms with Crippen LogP contribution in [0, 0.1) is 17.8 Å². The number of unbranched alkanes of at least 4 members (excludes halogenated alkanes) is 1. The molecule has 2 aliphatic rings. The Hall–Kier alpha value is -0.630. The average Bonchev–Trinajstić information content (AvgIpc) is 2.55. The molecule has 0 amide bonds. The highest BCUT2D eigenvalue weighted by Crippen LogP contribution is 2.32. The van der Waals surface area contributed by atoms with E-state index in [1.54, 1.807) is 6.92 Å². The second kappa shape index (κ2) is 9.50. The van der Waals surface area contributed by atoms with Crippen LogP contribution in [-0.4, -0.2) is 18.5 Å². The monoisotopic (exact) mass is 306 g/mol. The van der Waals surface area contributed by atoms with Crippen molar-refractivity contribution in [2.24, 2.45) is 17.8 Å². The lowest BCUT2D eigenvalue weighted by molar-refractivity contribution is -0.121. The SMILES string of the molecule is CCCCOC1CCC(C=CC2CCC(C(C)=O)CC2)CC1. The number of carbonyl (C=O) groups is 1. The van der Waals surface area contributed by atoms with Gasteiger partial charge in [0, 0.05) is 12.5 Å². The summed E-state index contributed by atoms with van der Waals surface area (Å²) in [4.78, 5) is 11.4. The van der Waals surface area contributed by atoms with Gasteiger partial charge in [0.15, 0.2) is 0 Å². The summed E-state index contributed by atoms with van der Waals surface area (Å²) >= 11 is 0. The van der Waals surface area contributed by atoms with Crippen molar-refractivity contribution in [3.05, 3.63) is 12.2 Å². The van der Waals surface area contributed by atoms with E-state index in [1.807, 2.05) is 0 Å². The van der Waals surface area contributed by atoms with Gasteiger partial charge in [0.25, 0.3) is 0 Å². The molecule has 2 rings (SSSR count). The highest BCUT2D eigenvalue weighted by Gasteiger charge is 2.23. The summed E-state index contributed by atoms with van der Waals surface area (Å²) in [6.07, 6.45) is 17.5. The van der Waals surface area contributed by atoms with Gasteiger partial charge in [-0.1, -0.05) is 25.5 Å². The zero-order valence-electron chi connectivity index (χ0n) is 14.6. The summed E-state index contributed by atoms with van der Waals surface area (Å²) in [7, 11) is 0. The van der Waals surface area contributed by atoms with E-state index in [0.717, 1.165) is 25.4 Å². The molecule has 0 aliphatic heterocycles. The lowest BCUT2D eigenvalue weighted by Crippen LogP contribution is -2.22. The molecule has 0 aromatic rings. The minimum Gasteiger partial charge on any atom is -0.378 e. The summed E-state index contributed by atoms with van der Waals surface area (Å²) in [5.74, 6) is 2.22. The van der Waals surface area contributed by atoms with Gasteiger partial charge in [0.2, 0.25) is 0 Å². The summed E-state index contributed by atoms with van der Waals surface area (Å²) in [5.41, 5.74) is 0. The van der Waals surface area contributed by atoms with Gasteiger partial charge in [0.05, 0.1) is 6.10 Å². The number of rotatable bonds is 7. The minimum atomic E-state index is 0.348. The molecule has 0 atom stereocenters. The number of hydrogen-bond acceptors (Lipinski definition) is 2. The van der Waals surface area contributed by atoms with Crippen molar-refractivity contribution >= 4 is 5.78 Å². The first-order valence-electron chi connectivity index (χ1n) is 9.49. The van der Waals surface area contributed by atoms with E-state index in [0.29, 0.717) is 23.7 Å². The van der Waals surface area contributed by atoms with Crippen LogP contribution in [0.5, 0.6) is 0 Å². The lowest BCUT2D eigenvalue weighted by Gasteiger charge is -2.28. The third kappa shape index (κ3) is 5.87. The van der Waals surface area contributed by atoms with Gasteiger partial charge in [-0.2, -0.15) is 0 Å². The van der Waals surface area contributed by atoms with E-state index in [1.165, 1.54) is 51.4 Å². The Bertz CT molecular complexity index is 345. The Labute approximate surface area is 136 Å². The summed E-state index contributed by atoms with van der Waals surface area (Å²) in [6, 6.07) is 0. The molecular formula is C20H34O2. The van der Waals surface area contributed by atoms with Gasteiger partial charge in [-0.25, -0.2) is 0 Å². The first-order valence-corrected chi connectivity index (χ1v) is 9.49. The number of hydrogen-bond donors (Lipinski definition) is 0. The minimum absolute atomic E-state index is 0.348. The van der Waals surface area contributed by atoms with Crippen LogP contribution in [0.4, 0.5) is 0 Å². The van der Waals surface area contributed by atoms with Crippen molar-refractivity contribution in [2.75, 3.05) is 6.61 Å². The smallest absolute Gasteiger partial charge is 0.132 e. The third-order valence-corrected chi connectivity index (χ3v) is 5.57. The molecule has 0 spiro atoms. The fraction of sp³-hybridized carbons (Fsp3) is 0.850. The van der Waals surface area contributed by atoms with E-state index in [9.17, 15) is 4.79 Å². The second-order valence-electron chi connectivity index (χ2n) is 7.37. The largest absolute Gasteiger partial charge is 0.378 e. The van der Waals surface area contributed by atoms with Crippen LogP contribution in [0.25, 0.3) is 0 Å². The Morgan fingerprint density at radius 1 is 0.955 bits per heavy atom. The number of ketones is 1. The molecule has 2 aliphatic carbocycles. The summed E-state index contributed by atoms with van der Waals surface area (Å²) in [5, 5.41) is 0. The Kier molecular flexibility index (Phi) is 7.65. The molecule has 0 unspecified atom stereocenters. The maximum absolute atomic E-state index is 11.4. The Balaban J connectivity index is 1.63. The standard InChI is InChI=1S/C20H34O2/c1-3-4-15-22-20-13-9-18(10-14-20)6-5-17-7-11-19(12-8-17)16(2)21/h5-6,17-20H,3-4,7-15H2,1-2H3. The first kappa shape index (κ1) is 17.7. The van der Waals surface area contributed by atoms with E-state index >= 15 is 0 Å². The molecule has 0 saturated heterocycles. The fourth-order valence-electron chi connectivity index (χ4n) is 3.87. The van der Waals surface area contributed by atoms with Crippen LogP contribution in [-0.2, 0) is 9.53 Å². The van der Waals surface area contributed by atoms with Crippen molar-refractivity contribution < 1.29 is 9.53 Å². The van der Waals surface area contributed by atoms with Crippen LogP contribution in [0.1, 0.15) is 78.1 Å². The van der Waals surface area contributed by atoms with Crippen LogP contribution < -0.4 is 0 Å². The van der Waals surface area contributed by atoms with Gasteiger partial charge in [-0.05, 0) is 76.5 Å². The van der Waals surface area contributed by atoms with Crippen LogP contribution in [0.15, 0.2) is 12.2 Å². The molecule has 0 radical (unpaired) electrons. The van der Waals surface area contributed by atoms with Crippen molar-refractivity contribution in [2.45, 2.75) is 84.2 Å². The third-order valence-electron chi connectivity index (χ3n) is 5.57. The van der Waals surface area contributed by atoms with Crippen LogP contribution in [0.2, 0.25) is 0 Å². The quantitative estimate of drug-likeness (QED) is 0.470. The Morgan fingerprint density at radius 3 is 2.00 bits per heavy atom. The van der Waals surface area contributed by atoms with Crippen molar-refractivity contribution in [1.82, 2.24) is 0 Å². The molecule has 2 fully saturated rings. The van der Waals surface area contributed by atoms with Crippen molar-refractivity contribution in [3.63, 3.8) is 0 Å². The van der Waals surface area contributed by atoms with Gasteiger partial charge in [-0.15, -0.1) is 0 Å². The van der Waals surface area contributed by atoms with E-state index in [4.69, 9.17) is 4.74 Å². The summed E-state index contributed by atoms with van der Waals surface area (Å²) in [6.45, 7) is 4.91. The molecule has 0 aromatic carbocycles. The highest BCUT2D eigenvalue weighted by molar-refractivity contribution is 5.78. The maximum atomic E-state index is 11.4. The highest BCUT2D eigenvalue weighted by atomic mass is 16.5. The maximum Gasteiger partial charge on any atom is 0.132 e. The molecule has 0 aromatic heterocycles. The molecule has 22 heavy (non-hydrogen) atoms. The molecular weight excluding hydrogens is 272 g/mol.